The third kappa shape index (κ3) is 5.89. The van der Waals surface area contributed by atoms with Crippen molar-refractivity contribution in [1.82, 2.24) is 9.97 Å². The second kappa shape index (κ2) is 10.0. The number of rotatable bonds is 7. The number of hydrogen-bond acceptors (Lipinski definition) is 7. The third-order valence-corrected chi connectivity index (χ3v) is 4.60. The number of fused-ring (bicyclic) bond motifs is 1. The van der Waals surface area contributed by atoms with Gasteiger partial charge in [-0.1, -0.05) is 24.3 Å². The van der Waals surface area contributed by atoms with Crippen molar-refractivity contribution in [3.63, 3.8) is 0 Å². The summed E-state index contributed by atoms with van der Waals surface area (Å²) >= 11 is 1.31. The summed E-state index contributed by atoms with van der Waals surface area (Å²) in [5, 5.41) is 11.4. The van der Waals surface area contributed by atoms with Gasteiger partial charge in [0.05, 0.1) is 40.4 Å². The molecule has 1 aromatic heterocycles. The smallest absolute Gasteiger partial charge is 0.331 e. The maximum Gasteiger partial charge on any atom is 0.331 e. The Kier molecular flexibility index (Phi) is 6.92. The van der Waals surface area contributed by atoms with Crippen molar-refractivity contribution in [3.8, 4) is 6.07 Å². The van der Waals surface area contributed by atoms with E-state index in [2.05, 4.69) is 15.3 Å². The molecule has 0 fully saturated rings. The van der Waals surface area contributed by atoms with E-state index < -0.39 is 18.5 Å². The molecule has 0 radical (unpaired) electrons. The number of hydrogen-bond donors (Lipinski definition) is 1. The number of aromatic nitrogens is 2. The Labute approximate surface area is 171 Å². The zero-order valence-corrected chi connectivity index (χ0v) is 16.1. The lowest BCUT2D eigenvalue weighted by atomic mass is 10.3. The highest BCUT2D eigenvalue weighted by Gasteiger charge is 2.09. The monoisotopic (exact) mass is 404 g/mol. The van der Waals surface area contributed by atoms with Crippen LogP contribution in [0.3, 0.4) is 0 Å². The molecule has 2 aromatic carbocycles. The Balaban J connectivity index is 1.53. The van der Waals surface area contributed by atoms with Crippen LogP contribution in [0.15, 0.2) is 65.7 Å². The number of nitrogens with one attached hydrogen (secondary N) is 1. The number of para-hydroxylation sites is 3. The molecule has 0 unspecified atom stereocenters. The van der Waals surface area contributed by atoms with Gasteiger partial charge in [-0.3, -0.25) is 9.78 Å². The van der Waals surface area contributed by atoms with E-state index >= 15 is 0 Å². The summed E-state index contributed by atoms with van der Waals surface area (Å²) in [6.45, 7) is -0.427. The SMILES string of the molecule is N#CCSc1ccccc1NC(=O)COC(=O)/C=C/c1cnc2ccccc2n1. The summed E-state index contributed by atoms with van der Waals surface area (Å²) in [5.74, 6) is -0.867. The van der Waals surface area contributed by atoms with E-state index in [0.29, 0.717) is 11.4 Å². The van der Waals surface area contributed by atoms with Crippen LogP contribution < -0.4 is 5.32 Å². The molecular formula is C21H16N4O3S. The normalized spacial score (nSPS) is 10.6. The molecule has 1 amide bonds. The van der Waals surface area contributed by atoms with Crippen molar-refractivity contribution in [2.75, 3.05) is 17.7 Å². The number of esters is 1. The summed E-state index contributed by atoms with van der Waals surface area (Å²) < 4.78 is 4.96. The van der Waals surface area contributed by atoms with Gasteiger partial charge in [-0.25, -0.2) is 9.78 Å². The Bertz CT molecular complexity index is 1110. The zero-order chi connectivity index (χ0) is 20.5. The fourth-order valence-corrected chi connectivity index (χ4v) is 3.05. The number of carbonyl (C=O) groups is 2. The summed E-state index contributed by atoms with van der Waals surface area (Å²) in [6.07, 6.45) is 4.23. The molecule has 1 N–H and O–H groups in total. The van der Waals surface area contributed by atoms with Crippen LogP contribution in [0.2, 0.25) is 0 Å². The standard InChI is InChI=1S/C21H16N4O3S/c22-11-12-29-19-8-4-3-7-18(19)25-20(26)14-28-21(27)10-9-15-13-23-16-5-1-2-6-17(16)24-15/h1-10,13H,12,14H2,(H,25,26)/b10-9+. The van der Waals surface area contributed by atoms with Crippen LogP contribution in [0.25, 0.3) is 17.1 Å². The van der Waals surface area contributed by atoms with E-state index in [-0.39, 0.29) is 5.75 Å². The average Bonchev–Trinajstić information content (AvgIpc) is 2.75. The van der Waals surface area contributed by atoms with Crippen molar-refractivity contribution in [2.45, 2.75) is 4.90 Å². The maximum atomic E-state index is 12.1. The highest BCUT2D eigenvalue weighted by Crippen LogP contribution is 2.26. The molecule has 3 rings (SSSR count). The van der Waals surface area contributed by atoms with Crippen LogP contribution >= 0.6 is 11.8 Å². The molecule has 0 aliphatic carbocycles. The maximum absolute atomic E-state index is 12.1. The second-order valence-corrected chi connectivity index (χ2v) is 6.73. The van der Waals surface area contributed by atoms with Gasteiger partial charge in [-0.2, -0.15) is 5.26 Å². The molecule has 0 spiro atoms. The fourth-order valence-electron chi connectivity index (χ4n) is 2.38. The Morgan fingerprint density at radius 3 is 2.72 bits per heavy atom. The zero-order valence-electron chi connectivity index (χ0n) is 15.2. The number of benzene rings is 2. The van der Waals surface area contributed by atoms with Gasteiger partial charge in [0.15, 0.2) is 6.61 Å². The van der Waals surface area contributed by atoms with Gasteiger partial charge in [0, 0.05) is 11.0 Å². The van der Waals surface area contributed by atoms with Crippen molar-refractivity contribution >= 4 is 46.4 Å². The predicted molar refractivity (Wildman–Crippen MR) is 111 cm³/mol. The quantitative estimate of drug-likeness (QED) is 0.365. The molecule has 3 aromatic rings. The van der Waals surface area contributed by atoms with Crippen LogP contribution in [-0.2, 0) is 14.3 Å². The van der Waals surface area contributed by atoms with Crippen molar-refractivity contribution in [3.05, 3.63) is 66.5 Å². The average molecular weight is 404 g/mol. The van der Waals surface area contributed by atoms with Gasteiger partial charge < -0.3 is 10.1 Å². The minimum Gasteiger partial charge on any atom is -0.452 e. The largest absolute Gasteiger partial charge is 0.452 e. The van der Waals surface area contributed by atoms with Gasteiger partial charge >= 0.3 is 5.97 Å². The molecule has 8 heteroatoms. The minimum atomic E-state index is -0.665. The molecule has 0 atom stereocenters. The third-order valence-electron chi connectivity index (χ3n) is 3.66. The lowest BCUT2D eigenvalue weighted by Crippen LogP contribution is -2.20. The number of anilines is 1. The molecule has 0 aliphatic heterocycles. The highest BCUT2D eigenvalue weighted by atomic mass is 32.2. The van der Waals surface area contributed by atoms with Crippen molar-refractivity contribution in [2.24, 2.45) is 0 Å². The van der Waals surface area contributed by atoms with Crippen LogP contribution in [0, 0.1) is 11.3 Å². The first-order valence-corrected chi connectivity index (χ1v) is 9.59. The molecule has 0 bridgehead atoms. The number of thioether (sulfide) groups is 1. The first kappa shape index (κ1) is 20.0. The van der Waals surface area contributed by atoms with E-state index in [1.54, 1.807) is 24.4 Å². The molecule has 0 saturated heterocycles. The Morgan fingerprint density at radius 2 is 1.90 bits per heavy atom. The second-order valence-electron chi connectivity index (χ2n) is 5.72. The van der Waals surface area contributed by atoms with Gasteiger partial charge in [0.25, 0.3) is 5.91 Å². The molecule has 0 saturated carbocycles. The number of amides is 1. The van der Waals surface area contributed by atoms with Gasteiger partial charge in [0.2, 0.25) is 0 Å². The number of ether oxygens (including phenoxy) is 1. The van der Waals surface area contributed by atoms with E-state index in [0.717, 1.165) is 15.9 Å². The van der Waals surface area contributed by atoms with E-state index in [9.17, 15) is 9.59 Å². The fraction of sp³-hybridized carbons (Fsp3) is 0.0952. The van der Waals surface area contributed by atoms with Gasteiger partial charge in [-0.15, -0.1) is 11.8 Å². The topological polar surface area (TPSA) is 105 Å². The molecule has 1 heterocycles. The molecule has 29 heavy (non-hydrogen) atoms. The first-order chi connectivity index (χ1) is 14.2. The number of carbonyl (C=O) groups excluding carboxylic acids is 2. The van der Waals surface area contributed by atoms with Crippen molar-refractivity contribution < 1.29 is 14.3 Å². The van der Waals surface area contributed by atoms with Crippen molar-refractivity contribution in [1.29, 1.82) is 5.26 Å². The van der Waals surface area contributed by atoms with Gasteiger partial charge in [-0.05, 0) is 30.3 Å². The summed E-state index contributed by atoms with van der Waals surface area (Å²) in [5.41, 5.74) is 2.55. The van der Waals surface area contributed by atoms with E-state index in [1.807, 2.05) is 36.4 Å². The van der Waals surface area contributed by atoms with E-state index in [1.165, 1.54) is 23.9 Å². The molecule has 0 aliphatic rings. The lowest BCUT2D eigenvalue weighted by molar-refractivity contribution is -0.142. The Morgan fingerprint density at radius 1 is 1.14 bits per heavy atom. The Hall–Kier alpha value is -3.70. The van der Waals surface area contributed by atoms with Crippen LogP contribution in [0.5, 0.6) is 0 Å². The molecular weight excluding hydrogens is 388 g/mol. The first-order valence-electron chi connectivity index (χ1n) is 8.61. The van der Waals surface area contributed by atoms with E-state index in [4.69, 9.17) is 10.00 Å². The lowest BCUT2D eigenvalue weighted by Gasteiger charge is -2.09. The summed E-state index contributed by atoms with van der Waals surface area (Å²) in [6, 6.07) is 16.5. The van der Waals surface area contributed by atoms with Crippen LogP contribution in [0.4, 0.5) is 5.69 Å². The van der Waals surface area contributed by atoms with Crippen LogP contribution in [-0.4, -0.2) is 34.2 Å². The summed E-state index contributed by atoms with van der Waals surface area (Å²) in [7, 11) is 0. The van der Waals surface area contributed by atoms with Gasteiger partial charge in [0.1, 0.15) is 0 Å². The number of nitriles is 1. The predicted octanol–water partition coefficient (Wildman–Crippen LogP) is 3.44. The minimum absolute atomic E-state index is 0.268. The molecule has 7 nitrogen and oxygen atoms in total. The summed E-state index contributed by atoms with van der Waals surface area (Å²) in [4.78, 5) is 33.3. The highest BCUT2D eigenvalue weighted by molar-refractivity contribution is 7.99. The number of nitrogens with zero attached hydrogens (tertiary/aromatic N) is 3. The van der Waals surface area contributed by atoms with Crippen LogP contribution in [0.1, 0.15) is 5.69 Å². The molecule has 144 valence electrons.